The van der Waals surface area contributed by atoms with E-state index in [-0.39, 0.29) is 37.6 Å². The van der Waals surface area contributed by atoms with E-state index in [9.17, 15) is 10.2 Å². The van der Waals surface area contributed by atoms with Crippen LogP contribution in [0.5, 0.6) is 0 Å². The van der Waals surface area contributed by atoms with Gasteiger partial charge >= 0.3 is 0 Å². The van der Waals surface area contributed by atoms with E-state index < -0.39 is 18.4 Å². The second-order valence-corrected chi connectivity index (χ2v) is 7.83. The number of fused-ring (bicyclic) bond motifs is 3. The van der Waals surface area contributed by atoms with Crippen molar-refractivity contribution in [2.75, 3.05) is 32.8 Å². The Balaban J connectivity index is 1.56. The van der Waals surface area contributed by atoms with Gasteiger partial charge in [0.25, 0.3) is 0 Å². The van der Waals surface area contributed by atoms with E-state index in [1.807, 2.05) is 49.1 Å². The average molecular weight is 395 g/mol. The van der Waals surface area contributed by atoms with Crippen LogP contribution in [0.1, 0.15) is 25.7 Å². The van der Waals surface area contributed by atoms with Crippen molar-refractivity contribution >= 4 is 0 Å². The van der Waals surface area contributed by atoms with E-state index in [0.717, 1.165) is 5.56 Å². The first-order valence-corrected chi connectivity index (χ1v) is 9.82. The summed E-state index contributed by atoms with van der Waals surface area (Å²) in [6.07, 6.45) is -2.39. The van der Waals surface area contributed by atoms with Crippen LogP contribution in [0.2, 0.25) is 0 Å². The van der Waals surface area contributed by atoms with Crippen molar-refractivity contribution < 1.29 is 33.9 Å². The van der Waals surface area contributed by atoms with Gasteiger partial charge < -0.3 is 33.9 Å². The van der Waals surface area contributed by atoms with E-state index in [4.69, 9.17) is 23.7 Å². The van der Waals surface area contributed by atoms with Crippen molar-refractivity contribution in [3.05, 3.63) is 35.9 Å². The molecule has 3 saturated heterocycles. The molecule has 3 aliphatic rings. The molecule has 0 unspecified atom stereocenters. The summed E-state index contributed by atoms with van der Waals surface area (Å²) < 4.78 is 30.6. The number of benzene rings is 1. The lowest BCUT2D eigenvalue weighted by molar-refractivity contribution is -0.311. The van der Waals surface area contributed by atoms with Gasteiger partial charge in [-0.3, -0.25) is 4.90 Å². The molecule has 3 heterocycles. The molecule has 0 saturated carbocycles. The molecule has 0 amide bonds. The second-order valence-electron chi connectivity index (χ2n) is 7.83. The van der Waals surface area contributed by atoms with E-state index in [1.165, 1.54) is 0 Å². The molecule has 8 nitrogen and oxygen atoms in total. The molecule has 0 aliphatic carbocycles. The quantitative estimate of drug-likeness (QED) is 0.695. The van der Waals surface area contributed by atoms with E-state index >= 15 is 0 Å². The van der Waals surface area contributed by atoms with Gasteiger partial charge in [0.05, 0.1) is 13.2 Å². The lowest BCUT2D eigenvalue weighted by atomic mass is 10.0. The monoisotopic (exact) mass is 395 g/mol. The van der Waals surface area contributed by atoms with Crippen molar-refractivity contribution in [2.24, 2.45) is 0 Å². The first-order valence-electron chi connectivity index (χ1n) is 9.82. The molecular weight excluding hydrogens is 366 g/mol. The highest BCUT2D eigenvalue weighted by atomic mass is 16.9. The number of aliphatic hydroxyl groups is 2. The number of nitrogens with zero attached hydrogens (tertiary/aromatic N) is 1. The van der Waals surface area contributed by atoms with Crippen LogP contribution < -0.4 is 0 Å². The van der Waals surface area contributed by atoms with Crippen LogP contribution in [0.3, 0.4) is 0 Å². The first kappa shape index (κ1) is 20.2. The third kappa shape index (κ3) is 4.10. The first-order chi connectivity index (χ1) is 13.5. The van der Waals surface area contributed by atoms with Gasteiger partial charge in [-0.15, -0.1) is 0 Å². The smallest absolute Gasteiger partial charge is 0.190 e. The van der Waals surface area contributed by atoms with Crippen LogP contribution in [-0.4, -0.2) is 84.5 Å². The molecule has 3 aliphatic heterocycles. The van der Waals surface area contributed by atoms with Crippen molar-refractivity contribution in [3.8, 4) is 0 Å². The van der Waals surface area contributed by atoms with Crippen molar-refractivity contribution in [3.63, 3.8) is 0 Å². The zero-order chi connectivity index (χ0) is 19.7. The van der Waals surface area contributed by atoms with E-state index in [2.05, 4.69) is 0 Å². The predicted molar refractivity (Wildman–Crippen MR) is 98.2 cm³/mol. The van der Waals surface area contributed by atoms with Crippen LogP contribution in [-0.2, 0) is 23.7 Å². The summed E-state index contributed by atoms with van der Waals surface area (Å²) in [5, 5.41) is 18.7. The minimum Gasteiger partial charge on any atom is -0.395 e. The molecule has 1 aromatic carbocycles. The maximum Gasteiger partial charge on any atom is 0.190 e. The zero-order valence-electron chi connectivity index (χ0n) is 16.3. The summed E-state index contributed by atoms with van der Waals surface area (Å²) in [4.78, 5) is 1.96. The normalized spacial score (nSPS) is 36.5. The molecule has 4 rings (SSSR count). The molecule has 28 heavy (non-hydrogen) atoms. The van der Waals surface area contributed by atoms with Crippen LogP contribution in [0.15, 0.2) is 30.3 Å². The van der Waals surface area contributed by atoms with Gasteiger partial charge in [0.1, 0.15) is 24.4 Å². The summed E-state index contributed by atoms with van der Waals surface area (Å²) in [6, 6.07) is 9.76. The largest absolute Gasteiger partial charge is 0.395 e. The van der Waals surface area contributed by atoms with Gasteiger partial charge in [-0.25, -0.2) is 0 Å². The molecule has 0 radical (unpaired) electrons. The zero-order valence-corrected chi connectivity index (χ0v) is 16.3. The van der Waals surface area contributed by atoms with Crippen molar-refractivity contribution in [2.45, 2.75) is 56.6 Å². The Bertz CT molecular complexity index is 637. The topological polar surface area (TPSA) is 89.9 Å². The van der Waals surface area contributed by atoms with Gasteiger partial charge in [-0.2, -0.15) is 0 Å². The fourth-order valence-electron chi connectivity index (χ4n) is 4.12. The number of rotatable bonds is 7. The molecule has 8 heteroatoms. The highest BCUT2D eigenvalue weighted by molar-refractivity contribution is 5.17. The molecule has 6 atom stereocenters. The Kier molecular flexibility index (Phi) is 6.01. The summed E-state index contributed by atoms with van der Waals surface area (Å²) in [7, 11) is 0. The fraction of sp³-hybridized carbons (Fsp3) is 0.700. The molecule has 0 aromatic heterocycles. The Morgan fingerprint density at radius 2 is 1.61 bits per heavy atom. The molecular formula is C20H29NO7. The molecule has 0 bridgehead atoms. The van der Waals surface area contributed by atoms with Crippen molar-refractivity contribution in [1.82, 2.24) is 4.90 Å². The third-order valence-corrected chi connectivity index (χ3v) is 5.31. The van der Waals surface area contributed by atoms with Crippen LogP contribution in [0, 0.1) is 0 Å². The van der Waals surface area contributed by atoms with Gasteiger partial charge in [0.2, 0.25) is 0 Å². The fourth-order valence-corrected chi connectivity index (χ4v) is 4.12. The van der Waals surface area contributed by atoms with E-state index in [0.29, 0.717) is 19.6 Å². The molecule has 0 spiro atoms. The Hall–Kier alpha value is -1.10. The average Bonchev–Trinajstić information content (AvgIpc) is 3.15. The highest BCUT2D eigenvalue weighted by Crippen LogP contribution is 2.45. The number of hydrogen-bond donors (Lipinski definition) is 2. The summed E-state index contributed by atoms with van der Waals surface area (Å²) in [5.74, 6) is -0.723. The summed E-state index contributed by atoms with van der Waals surface area (Å²) >= 11 is 0. The summed E-state index contributed by atoms with van der Waals surface area (Å²) in [5.41, 5.74) is 0.920. The van der Waals surface area contributed by atoms with E-state index in [1.54, 1.807) is 0 Å². The summed E-state index contributed by atoms with van der Waals surface area (Å²) in [6.45, 7) is 5.12. The standard InChI is InChI=1S/C20H29NO7/c1-20(2)27-17-16-15(25-19(17)28-20)14(12-21(8-10-22)9-11-23)24-18(26-16)13-6-4-3-5-7-13/h3-7,14-19,22-23H,8-12H2,1-2H3/t14-,15+,16-,17+,18-,19+/m0/s1. The van der Waals surface area contributed by atoms with Gasteiger partial charge in [0.15, 0.2) is 18.4 Å². The molecule has 3 fully saturated rings. The Morgan fingerprint density at radius 1 is 0.893 bits per heavy atom. The minimum atomic E-state index is -0.723. The van der Waals surface area contributed by atoms with Crippen LogP contribution >= 0.6 is 0 Å². The van der Waals surface area contributed by atoms with Crippen LogP contribution in [0.4, 0.5) is 0 Å². The molecule has 2 N–H and O–H groups in total. The third-order valence-electron chi connectivity index (χ3n) is 5.31. The number of ether oxygens (including phenoxy) is 5. The minimum absolute atomic E-state index is 0.00590. The number of aliphatic hydroxyl groups excluding tert-OH is 2. The second kappa shape index (κ2) is 8.33. The lowest BCUT2D eigenvalue weighted by Gasteiger charge is -2.41. The highest BCUT2D eigenvalue weighted by Gasteiger charge is 2.60. The number of hydrogen-bond acceptors (Lipinski definition) is 8. The van der Waals surface area contributed by atoms with Gasteiger partial charge in [-0.05, 0) is 13.8 Å². The van der Waals surface area contributed by atoms with Gasteiger partial charge in [0, 0.05) is 25.2 Å². The Morgan fingerprint density at radius 3 is 2.29 bits per heavy atom. The Labute approximate surface area is 164 Å². The maximum absolute atomic E-state index is 9.34. The molecule has 1 aromatic rings. The van der Waals surface area contributed by atoms with Crippen LogP contribution in [0.25, 0.3) is 0 Å². The van der Waals surface area contributed by atoms with Crippen molar-refractivity contribution in [1.29, 1.82) is 0 Å². The predicted octanol–water partition coefficient (Wildman–Crippen LogP) is 0.632. The maximum atomic E-state index is 9.34. The van der Waals surface area contributed by atoms with Gasteiger partial charge in [-0.1, -0.05) is 30.3 Å². The lowest BCUT2D eigenvalue weighted by Crippen LogP contribution is -2.53. The SMILES string of the molecule is CC1(C)O[C@H]2O[C@H]3[C@H](O[C@@H](c4ccccc4)O[C@H]3CN(CCO)CCO)[C@H]2O1. The molecule has 156 valence electrons.